The highest BCUT2D eigenvalue weighted by molar-refractivity contribution is 8.13. The highest BCUT2D eigenvalue weighted by Crippen LogP contribution is 2.28. The maximum atomic E-state index is 10.9. The van der Waals surface area contributed by atoms with Gasteiger partial charge in [-0.2, -0.15) is 0 Å². The topological polar surface area (TPSA) is 86.5 Å². The van der Waals surface area contributed by atoms with Gasteiger partial charge in [-0.1, -0.05) is 13.0 Å². The van der Waals surface area contributed by atoms with E-state index in [0.29, 0.717) is 19.3 Å². The van der Waals surface area contributed by atoms with Crippen LogP contribution in [-0.4, -0.2) is 25.7 Å². The standard InChI is InChI=1S/C12H16ClNO5S/c1-2-10-5-6-12(11(9-10)14(15)16)19-7-3-4-8-20(13,17)18/h5-6,9H,2-4,7-8H2,1H3. The lowest BCUT2D eigenvalue weighted by molar-refractivity contribution is -0.385. The number of ether oxygens (including phenoxy) is 1. The van der Waals surface area contributed by atoms with Crippen LogP contribution in [0.5, 0.6) is 5.75 Å². The number of nitro benzene ring substituents is 1. The van der Waals surface area contributed by atoms with Crippen molar-refractivity contribution in [1.29, 1.82) is 0 Å². The minimum absolute atomic E-state index is 0.0747. The fraction of sp³-hybridized carbons (Fsp3) is 0.500. The first-order chi connectivity index (χ1) is 9.33. The maximum Gasteiger partial charge on any atom is 0.311 e. The van der Waals surface area contributed by atoms with Crippen molar-refractivity contribution in [1.82, 2.24) is 0 Å². The normalized spacial score (nSPS) is 11.3. The second-order valence-corrected chi connectivity index (χ2v) is 7.11. The Labute approximate surface area is 122 Å². The zero-order valence-corrected chi connectivity index (χ0v) is 12.6. The summed E-state index contributed by atoms with van der Waals surface area (Å²) in [6, 6.07) is 4.82. The van der Waals surface area contributed by atoms with Gasteiger partial charge in [-0.3, -0.25) is 10.1 Å². The molecule has 6 nitrogen and oxygen atoms in total. The van der Waals surface area contributed by atoms with E-state index in [0.717, 1.165) is 5.56 Å². The Kier molecular flexibility index (Phi) is 6.22. The van der Waals surface area contributed by atoms with E-state index in [4.69, 9.17) is 15.4 Å². The SMILES string of the molecule is CCc1ccc(OCCCCS(=O)(=O)Cl)c([N+](=O)[O-])c1. The number of nitro groups is 1. The molecular formula is C12H16ClNO5S. The lowest BCUT2D eigenvalue weighted by atomic mass is 10.1. The first-order valence-electron chi connectivity index (χ1n) is 6.16. The predicted octanol–water partition coefficient (Wildman–Crippen LogP) is 2.88. The number of benzene rings is 1. The van der Waals surface area contributed by atoms with E-state index in [2.05, 4.69) is 0 Å². The van der Waals surface area contributed by atoms with E-state index in [9.17, 15) is 18.5 Å². The average Bonchev–Trinajstić information content (AvgIpc) is 2.37. The number of aryl methyl sites for hydroxylation is 1. The minimum atomic E-state index is -3.49. The summed E-state index contributed by atoms with van der Waals surface area (Å²) >= 11 is 0. The Balaban J connectivity index is 2.57. The van der Waals surface area contributed by atoms with E-state index in [1.807, 2.05) is 6.92 Å². The summed E-state index contributed by atoms with van der Waals surface area (Å²) in [6.45, 7) is 2.12. The van der Waals surface area contributed by atoms with Crippen LogP contribution in [0, 0.1) is 10.1 Å². The Morgan fingerprint density at radius 3 is 2.60 bits per heavy atom. The third-order valence-electron chi connectivity index (χ3n) is 2.67. The van der Waals surface area contributed by atoms with Gasteiger partial charge in [0.25, 0.3) is 0 Å². The van der Waals surface area contributed by atoms with Crippen molar-refractivity contribution in [3.63, 3.8) is 0 Å². The molecule has 0 aromatic heterocycles. The van der Waals surface area contributed by atoms with Gasteiger partial charge in [0, 0.05) is 16.7 Å². The van der Waals surface area contributed by atoms with Crippen LogP contribution < -0.4 is 4.74 Å². The quantitative estimate of drug-likeness (QED) is 0.318. The van der Waals surface area contributed by atoms with Crippen LogP contribution in [0.15, 0.2) is 18.2 Å². The molecule has 0 radical (unpaired) electrons. The third kappa shape index (κ3) is 5.75. The molecule has 0 spiro atoms. The maximum absolute atomic E-state index is 10.9. The Morgan fingerprint density at radius 1 is 1.35 bits per heavy atom. The first kappa shape index (κ1) is 16.7. The molecule has 0 heterocycles. The Morgan fingerprint density at radius 2 is 2.05 bits per heavy atom. The number of halogens is 1. The molecule has 0 aliphatic carbocycles. The van der Waals surface area contributed by atoms with Crippen molar-refractivity contribution in [3.8, 4) is 5.75 Å². The molecule has 20 heavy (non-hydrogen) atoms. The molecule has 1 aromatic carbocycles. The molecule has 0 aliphatic rings. The molecule has 1 rings (SSSR count). The second kappa shape index (κ2) is 7.44. The molecule has 112 valence electrons. The number of rotatable bonds is 8. The van der Waals surface area contributed by atoms with E-state index in [-0.39, 0.29) is 23.8 Å². The van der Waals surface area contributed by atoms with Crippen LogP contribution in [0.3, 0.4) is 0 Å². The number of hydrogen-bond acceptors (Lipinski definition) is 5. The van der Waals surface area contributed by atoms with Crippen LogP contribution in [0.1, 0.15) is 25.3 Å². The molecule has 1 aromatic rings. The van der Waals surface area contributed by atoms with Crippen LogP contribution in [0.4, 0.5) is 5.69 Å². The van der Waals surface area contributed by atoms with Crippen LogP contribution in [0.25, 0.3) is 0 Å². The van der Waals surface area contributed by atoms with Crippen LogP contribution in [-0.2, 0) is 15.5 Å². The van der Waals surface area contributed by atoms with Gasteiger partial charge in [0.05, 0.1) is 17.3 Å². The summed E-state index contributed by atoms with van der Waals surface area (Å²) in [5.41, 5.74) is 0.784. The molecule has 0 saturated heterocycles. The van der Waals surface area contributed by atoms with Gasteiger partial charge in [-0.25, -0.2) is 8.42 Å². The average molecular weight is 322 g/mol. The van der Waals surface area contributed by atoms with Crippen molar-refractivity contribution < 1.29 is 18.1 Å². The van der Waals surface area contributed by atoms with Crippen molar-refractivity contribution in [2.45, 2.75) is 26.2 Å². The number of hydrogen-bond donors (Lipinski definition) is 0. The fourth-order valence-corrected chi connectivity index (χ4v) is 2.48. The smallest absolute Gasteiger partial charge is 0.311 e. The summed E-state index contributed by atoms with van der Waals surface area (Å²) in [4.78, 5) is 10.5. The second-order valence-electron chi connectivity index (χ2n) is 4.21. The van der Waals surface area contributed by atoms with Crippen LogP contribution in [0.2, 0.25) is 0 Å². The molecular weight excluding hydrogens is 306 g/mol. The lowest BCUT2D eigenvalue weighted by Gasteiger charge is -2.07. The molecule has 8 heteroatoms. The summed E-state index contributed by atoms with van der Waals surface area (Å²) in [7, 11) is 1.58. The molecule has 0 atom stereocenters. The van der Waals surface area contributed by atoms with Gasteiger partial charge in [0.2, 0.25) is 9.05 Å². The number of unbranched alkanes of at least 4 members (excludes halogenated alkanes) is 1. The molecule has 0 aliphatic heterocycles. The van der Waals surface area contributed by atoms with Crippen molar-refractivity contribution in [2.24, 2.45) is 0 Å². The third-order valence-corrected chi connectivity index (χ3v) is 3.91. The van der Waals surface area contributed by atoms with Gasteiger partial charge in [0.15, 0.2) is 5.75 Å². The van der Waals surface area contributed by atoms with Gasteiger partial charge >= 0.3 is 5.69 Å². The van der Waals surface area contributed by atoms with E-state index >= 15 is 0 Å². The van der Waals surface area contributed by atoms with Crippen molar-refractivity contribution >= 4 is 25.4 Å². The zero-order valence-electron chi connectivity index (χ0n) is 11.0. The van der Waals surface area contributed by atoms with Gasteiger partial charge < -0.3 is 4.74 Å². The Bertz CT molecular complexity index is 573. The molecule has 0 saturated carbocycles. The summed E-state index contributed by atoms with van der Waals surface area (Å²) in [6.07, 6.45) is 1.51. The van der Waals surface area contributed by atoms with E-state index in [1.165, 1.54) is 6.07 Å². The van der Waals surface area contributed by atoms with Gasteiger partial charge in [-0.05, 0) is 30.9 Å². The summed E-state index contributed by atoms with van der Waals surface area (Å²) in [5.74, 6) is 0.0651. The van der Waals surface area contributed by atoms with Gasteiger partial charge in [-0.15, -0.1) is 0 Å². The predicted molar refractivity (Wildman–Crippen MR) is 76.8 cm³/mol. The number of nitrogens with zero attached hydrogens (tertiary/aromatic N) is 1. The molecule has 0 bridgehead atoms. The van der Waals surface area contributed by atoms with E-state index < -0.39 is 14.0 Å². The lowest BCUT2D eigenvalue weighted by Crippen LogP contribution is -2.04. The molecule has 0 amide bonds. The molecule has 0 N–H and O–H groups in total. The zero-order chi connectivity index (χ0) is 15.2. The fourth-order valence-electron chi connectivity index (χ4n) is 1.61. The monoisotopic (exact) mass is 321 g/mol. The summed E-state index contributed by atoms with van der Waals surface area (Å²) < 4.78 is 26.8. The highest BCUT2D eigenvalue weighted by atomic mass is 35.7. The highest BCUT2D eigenvalue weighted by Gasteiger charge is 2.15. The van der Waals surface area contributed by atoms with E-state index in [1.54, 1.807) is 12.1 Å². The molecule has 0 unspecified atom stereocenters. The van der Waals surface area contributed by atoms with Crippen molar-refractivity contribution in [2.75, 3.05) is 12.4 Å². The Hall–Kier alpha value is -1.34. The molecule has 0 fully saturated rings. The van der Waals surface area contributed by atoms with Gasteiger partial charge in [0.1, 0.15) is 0 Å². The van der Waals surface area contributed by atoms with Crippen LogP contribution >= 0.6 is 10.7 Å². The van der Waals surface area contributed by atoms with Crippen molar-refractivity contribution in [3.05, 3.63) is 33.9 Å². The summed E-state index contributed by atoms with van der Waals surface area (Å²) in [5, 5.41) is 10.9. The minimum Gasteiger partial charge on any atom is -0.487 e. The largest absolute Gasteiger partial charge is 0.487 e. The first-order valence-corrected chi connectivity index (χ1v) is 8.64.